The van der Waals surface area contributed by atoms with Crippen LogP contribution in [-0.2, 0) is 4.08 Å². The fourth-order valence-electron chi connectivity index (χ4n) is 2.72. The molecule has 0 saturated heterocycles. The van der Waals surface area contributed by atoms with Crippen LogP contribution in [0.2, 0.25) is 0 Å². The Kier molecular flexibility index (Phi) is 14.6. The molecule has 0 fully saturated rings. The maximum absolute atomic E-state index is 4.72. The van der Waals surface area contributed by atoms with Crippen molar-refractivity contribution >= 4 is 25.3 Å². The van der Waals surface area contributed by atoms with E-state index < -0.39 is 0 Å². The second-order valence-electron chi connectivity index (χ2n) is 6.27. The van der Waals surface area contributed by atoms with E-state index in [9.17, 15) is 0 Å². The van der Waals surface area contributed by atoms with Crippen molar-refractivity contribution in [2.24, 2.45) is 0 Å². The van der Waals surface area contributed by atoms with Gasteiger partial charge in [-0.3, -0.25) is 0 Å². The summed E-state index contributed by atoms with van der Waals surface area (Å²) >= 11 is 9.44. The Labute approximate surface area is 160 Å². The second kappa shape index (κ2) is 14.5. The van der Waals surface area contributed by atoms with Crippen molar-refractivity contribution in [1.82, 2.24) is 0 Å². The van der Waals surface area contributed by atoms with Gasteiger partial charge in [-0.05, 0) is 18.4 Å². The van der Waals surface area contributed by atoms with Gasteiger partial charge in [0.1, 0.15) is 0 Å². The van der Waals surface area contributed by atoms with Crippen LogP contribution in [0, 0.1) is 0 Å². The minimum Gasteiger partial charge on any atom is -1.00 e. The zero-order chi connectivity index (χ0) is 16.1. The van der Waals surface area contributed by atoms with Crippen LogP contribution in [0.15, 0.2) is 30.3 Å². The number of halogens is 1. The van der Waals surface area contributed by atoms with Gasteiger partial charge in [-0.2, -0.15) is 25.3 Å². The van der Waals surface area contributed by atoms with E-state index in [2.05, 4.69) is 36.5 Å². The summed E-state index contributed by atoms with van der Waals surface area (Å²) in [7, 11) is 0. The lowest BCUT2D eigenvalue weighted by atomic mass is 10.1. The lowest BCUT2D eigenvalue weighted by Gasteiger charge is -2.22. The number of thiol groups is 2. The van der Waals surface area contributed by atoms with E-state index in [4.69, 9.17) is 25.3 Å². The van der Waals surface area contributed by atoms with Gasteiger partial charge in [0.15, 0.2) is 0 Å². The van der Waals surface area contributed by atoms with E-state index >= 15 is 0 Å². The fraction of sp³-hybridized carbons (Fsp3) is 0.684. The van der Waals surface area contributed by atoms with Gasteiger partial charge in [0.2, 0.25) is 0 Å². The molecule has 4 heteroatoms. The molecule has 0 radical (unpaired) electrons. The third-order valence-electron chi connectivity index (χ3n) is 4.19. The zero-order valence-electron chi connectivity index (χ0n) is 14.5. The zero-order valence-corrected chi connectivity index (χ0v) is 17.1. The summed E-state index contributed by atoms with van der Waals surface area (Å²) in [4.78, 5) is 0. The summed E-state index contributed by atoms with van der Waals surface area (Å²) in [5, 5.41) is 2.42. The molecule has 23 heavy (non-hydrogen) atoms. The summed E-state index contributed by atoms with van der Waals surface area (Å²) in [5.74, 6) is 0. The van der Waals surface area contributed by atoms with E-state index in [1.807, 2.05) is 6.07 Å². The molecule has 0 aromatic heterocycles. The van der Waals surface area contributed by atoms with Crippen LogP contribution in [0.1, 0.15) is 70.3 Å². The molecule has 0 aliphatic rings. The van der Waals surface area contributed by atoms with E-state index in [0.29, 0.717) is 0 Å². The Morgan fingerprint density at radius 1 is 0.826 bits per heavy atom. The fourth-order valence-corrected chi connectivity index (χ4v) is 3.28. The third kappa shape index (κ3) is 11.4. The molecule has 0 bridgehead atoms. The van der Waals surface area contributed by atoms with Crippen molar-refractivity contribution in [3.63, 3.8) is 0 Å². The molecule has 0 heterocycles. The average Bonchev–Trinajstić information content (AvgIpc) is 2.53. The molecule has 1 aromatic rings. The normalized spacial score (nSPS) is 11.3. The first-order chi connectivity index (χ1) is 10.7. The molecule has 0 atom stereocenters. The van der Waals surface area contributed by atoms with Crippen molar-refractivity contribution in [3.05, 3.63) is 35.9 Å². The number of unbranched alkanes of at least 4 members (excludes halogenated alkanes) is 7. The van der Waals surface area contributed by atoms with Crippen molar-refractivity contribution in [1.29, 1.82) is 0 Å². The molecule has 1 nitrogen and oxygen atoms in total. The van der Waals surface area contributed by atoms with Gasteiger partial charge in [-0.15, -0.1) is 0 Å². The highest BCUT2D eigenvalue weighted by molar-refractivity contribution is 7.99. The molecule has 0 aliphatic carbocycles. The van der Waals surface area contributed by atoms with Crippen LogP contribution in [0.25, 0.3) is 0 Å². The molecule has 0 amide bonds. The lowest BCUT2D eigenvalue weighted by Crippen LogP contribution is -3.00. The van der Waals surface area contributed by atoms with Crippen LogP contribution in [0.5, 0.6) is 0 Å². The maximum Gasteiger partial charge on any atom is 0.0855 e. The van der Waals surface area contributed by atoms with Gasteiger partial charge < -0.3 is 17.7 Å². The standard InChI is InChI=1S/C19H33NS2.ClH/c1-2-3-4-5-6-7-8-12-16-20-17-15-19(21,22)18-13-10-9-11-14-18;/h9-11,13-14,20-22H,2-8,12,15-17H2,1H3;1H. The lowest BCUT2D eigenvalue weighted by molar-refractivity contribution is -0.655. The molecule has 1 aromatic carbocycles. The van der Waals surface area contributed by atoms with Crippen LogP contribution in [0.3, 0.4) is 0 Å². The average molecular weight is 376 g/mol. The molecule has 0 aliphatic heterocycles. The Bertz CT molecular complexity index is 371. The Balaban J connectivity index is 0.00000484. The van der Waals surface area contributed by atoms with Gasteiger partial charge in [0.25, 0.3) is 0 Å². The smallest absolute Gasteiger partial charge is 0.0855 e. The molecule has 2 N–H and O–H groups in total. The summed E-state index contributed by atoms with van der Waals surface area (Å²) in [6, 6.07) is 10.4. The minimum absolute atomic E-state index is 0. The molecule has 134 valence electrons. The predicted molar refractivity (Wildman–Crippen MR) is 105 cm³/mol. The second-order valence-corrected chi connectivity index (χ2v) is 8.15. The monoisotopic (exact) mass is 375 g/mol. The Morgan fingerprint density at radius 2 is 1.39 bits per heavy atom. The van der Waals surface area contributed by atoms with Crippen molar-refractivity contribution < 1.29 is 17.7 Å². The van der Waals surface area contributed by atoms with Gasteiger partial charge in [0, 0.05) is 6.42 Å². The number of hydrogen-bond donors (Lipinski definition) is 3. The number of nitrogens with two attached hydrogens (primary N) is 1. The van der Waals surface area contributed by atoms with E-state index in [-0.39, 0.29) is 16.5 Å². The molecular weight excluding hydrogens is 342 g/mol. The summed E-state index contributed by atoms with van der Waals surface area (Å²) in [5.41, 5.74) is 1.20. The highest BCUT2D eigenvalue weighted by atomic mass is 35.5. The molecular formula is C19H34ClNS2. The van der Waals surface area contributed by atoms with E-state index in [1.165, 1.54) is 63.5 Å². The highest BCUT2D eigenvalue weighted by Crippen LogP contribution is 2.35. The van der Waals surface area contributed by atoms with Crippen molar-refractivity contribution in [2.45, 2.75) is 68.8 Å². The highest BCUT2D eigenvalue weighted by Gasteiger charge is 2.22. The third-order valence-corrected chi connectivity index (χ3v) is 5.16. The molecule has 1 rings (SSSR count). The first-order valence-electron chi connectivity index (χ1n) is 8.99. The van der Waals surface area contributed by atoms with Crippen LogP contribution >= 0.6 is 25.3 Å². The van der Waals surface area contributed by atoms with Crippen LogP contribution in [-0.4, -0.2) is 13.1 Å². The van der Waals surface area contributed by atoms with Gasteiger partial charge in [0.05, 0.1) is 17.2 Å². The van der Waals surface area contributed by atoms with Gasteiger partial charge in [-0.25, -0.2) is 0 Å². The van der Waals surface area contributed by atoms with E-state index in [1.54, 1.807) is 0 Å². The predicted octanol–water partition coefficient (Wildman–Crippen LogP) is 1.80. The quantitative estimate of drug-likeness (QED) is 0.265. The molecule has 0 saturated carbocycles. The molecule has 0 unspecified atom stereocenters. The minimum atomic E-state index is -0.308. The van der Waals surface area contributed by atoms with Gasteiger partial charge >= 0.3 is 0 Å². The summed E-state index contributed by atoms with van der Waals surface area (Å²) in [6.07, 6.45) is 12.1. The van der Waals surface area contributed by atoms with Crippen LogP contribution in [0.4, 0.5) is 0 Å². The van der Waals surface area contributed by atoms with Crippen molar-refractivity contribution in [2.75, 3.05) is 13.1 Å². The summed E-state index contributed by atoms with van der Waals surface area (Å²) in [6.45, 7) is 4.61. The number of benzene rings is 1. The summed E-state index contributed by atoms with van der Waals surface area (Å²) < 4.78 is -0.308. The Morgan fingerprint density at radius 3 is 2.00 bits per heavy atom. The first-order valence-corrected chi connectivity index (χ1v) is 9.88. The first kappa shape index (κ1) is 23.2. The van der Waals surface area contributed by atoms with Crippen LogP contribution < -0.4 is 17.7 Å². The van der Waals surface area contributed by atoms with Gasteiger partial charge in [-0.1, -0.05) is 75.8 Å². The number of rotatable bonds is 13. The SMILES string of the molecule is CCCCCCCCCC[NH2+]CCC(S)(S)c1ccccc1.[Cl-]. The molecule has 0 spiro atoms. The number of hydrogen-bond acceptors (Lipinski definition) is 2. The van der Waals surface area contributed by atoms with Crippen molar-refractivity contribution in [3.8, 4) is 0 Å². The van der Waals surface area contributed by atoms with E-state index in [0.717, 1.165) is 13.0 Å². The Hall–Kier alpha value is 0.170. The maximum atomic E-state index is 4.72. The topological polar surface area (TPSA) is 16.6 Å². The number of quaternary nitrogens is 1. The largest absolute Gasteiger partial charge is 1.00 e.